The quantitative estimate of drug-likeness (QED) is 0.774. The molecule has 6 nitrogen and oxygen atoms in total. The van der Waals surface area contributed by atoms with E-state index >= 15 is 0 Å². The van der Waals surface area contributed by atoms with Gasteiger partial charge in [0.25, 0.3) is 0 Å². The maximum Gasteiger partial charge on any atom is 0.244 e. The Morgan fingerprint density at radius 2 is 1.82 bits per heavy atom. The number of hydrogen-bond donors (Lipinski definition) is 0. The molecule has 1 aliphatic rings. The molecular weight excluding hydrogens is 350 g/mol. The molecule has 0 saturated carbocycles. The molecule has 0 radical (unpaired) electrons. The summed E-state index contributed by atoms with van der Waals surface area (Å²) in [4.78, 5) is 24.0. The molecule has 28 heavy (non-hydrogen) atoms. The molecular formula is C22H27N5O. The highest BCUT2D eigenvalue weighted by atomic mass is 16.2. The molecule has 1 atom stereocenters. The topological polar surface area (TPSA) is 63.5 Å². The van der Waals surface area contributed by atoms with Crippen LogP contribution >= 0.6 is 0 Å². The lowest BCUT2D eigenvalue weighted by molar-refractivity contribution is -0.137. The van der Waals surface area contributed by atoms with E-state index in [1.165, 1.54) is 0 Å². The second kappa shape index (κ2) is 9.34. The van der Waals surface area contributed by atoms with E-state index in [-0.39, 0.29) is 11.9 Å². The smallest absolute Gasteiger partial charge is 0.244 e. The number of amides is 1. The van der Waals surface area contributed by atoms with Crippen molar-refractivity contribution in [3.05, 3.63) is 59.8 Å². The second-order valence-electron chi connectivity index (χ2n) is 6.86. The Balaban J connectivity index is 1.77. The van der Waals surface area contributed by atoms with Gasteiger partial charge < -0.3 is 9.80 Å². The van der Waals surface area contributed by atoms with E-state index in [1.807, 2.05) is 55.1 Å². The van der Waals surface area contributed by atoms with Crippen molar-refractivity contribution in [2.45, 2.75) is 19.9 Å². The van der Waals surface area contributed by atoms with Crippen molar-refractivity contribution >= 4 is 11.7 Å². The van der Waals surface area contributed by atoms with E-state index in [2.05, 4.69) is 20.9 Å². The Kier molecular flexibility index (Phi) is 6.62. The molecule has 3 rings (SSSR count). The Labute approximate surface area is 167 Å². The van der Waals surface area contributed by atoms with Crippen molar-refractivity contribution in [3.8, 4) is 6.07 Å². The summed E-state index contributed by atoms with van der Waals surface area (Å²) in [5.41, 5.74) is 1.66. The zero-order valence-corrected chi connectivity index (χ0v) is 16.6. The van der Waals surface area contributed by atoms with Crippen molar-refractivity contribution in [1.29, 1.82) is 5.26 Å². The summed E-state index contributed by atoms with van der Waals surface area (Å²) in [6, 6.07) is 15.5. The number of carbonyl (C=O) groups excluding carboxylic acids is 1. The molecule has 2 heterocycles. The van der Waals surface area contributed by atoms with Crippen LogP contribution in [0.5, 0.6) is 0 Å². The van der Waals surface area contributed by atoms with Gasteiger partial charge in [0, 0.05) is 45.5 Å². The van der Waals surface area contributed by atoms with Gasteiger partial charge in [0.05, 0.1) is 11.6 Å². The van der Waals surface area contributed by atoms with Crippen LogP contribution in [0.3, 0.4) is 0 Å². The van der Waals surface area contributed by atoms with Crippen LogP contribution in [0.1, 0.15) is 31.0 Å². The molecule has 1 saturated heterocycles. The number of likely N-dealkylation sites (N-methyl/N-ethyl adjacent to an activating group) is 1. The van der Waals surface area contributed by atoms with E-state index in [9.17, 15) is 4.79 Å². The molecule has 1 aromatic carbocycles. The van der Waals surface area contributed by atoms with Gasteiger partial charge in [-0.05, 0) is 31.5 Å². The molecule has 1 aromatic heterocycles. The van der Waals surface area contributed by atoms with Crippen molar-refractivity contribution in [2.75, 3.05) is 44.2 Å². The highest BCUT2D eigenvalue weighted by Crippen LogP contribution is 2.26. The lowest BCUT2D eigenvalue weighted by Crippen LogP contribution is -2.52. The summed E-state index contributed by atoms with van der Waals surface area (Å²) in [5, 5.41) is 9.11. The number of anilines is 1. The molecule has 1 amide bonds. The molecule has 6 heteroatoms. The molecule has 1 aliphatic heterocycles. The molecule has 0 N–H and O–H groups in total. The van der Waals surface area contributed by atoms with Crippen LogP contribution in [0.2, 0.25) is 0 Å². The average Bonchev–Trinajstić information content (AvgIpc) is 2.76. The van der Waals surface area contributed by atoms with Gasteiger partial charge in [0.2, 0.25) is 5.91 Å². The first kappa shape index (κ1) is 19.8. The maximum absolute atomic E-state index is 13.3. The van der Waals surface area contributed by atoms with Crippen molar-refractivity contribution in [2.24, 2.45) is 0 Å². The number of carbonyl (C=O) groups is 1. The fourth-order valence-corrected chi connectivity index (χ4v) is 3.72. The number of rotatable bonds is 6. The lowest BCUT2D eigenvalue weighted by Gasteiger charge is -2.40. The molecule has 1 unspecified atom stereocenters. The minimum Gasteiger partial charge on any atom is -0.354 e. The monoisotopic (exact) mass is 377 g/mol. The third-order valence-corrected chi connectivity index (χ3v) is 5.30. The van der Waals surface area contributed by atoms with E-state index in [4.69, 9.17) is 5.26 Å². The first-order valence-corrected chi connectivity index (χ1v) is 9.86. The van der Waals surface area contributed by atoms with E-state index in [0.29, 0.717) is 18.7 Å². The van der Waals surface area contributed by atoms with E-state index in [1.54, 1.807) is 12.3 Å². The van der Waals surface area contributed by atoms with E-state index in [0.717, 1.165) is 37.6 Å². The second-order valence-corrected chi connectivity index (χ2v) is 6.86. The number of hydrogen-bond acceptors (Lipinski definition) is 5. The van der Waals surface area contributed by atoms with Gasteiger partial charge >= 0.3 is 0 Å². The standard InChI is InChI=1S/C22H27N5O/c1-3-25(4-2)22(28)21(19-8-6-5-7-9-19)27-14-12-26(13-15-27)20-16-18(17-23)10-11-24-20/h5-11,16,21H,3-4,12-15H2,1-2H3. The van der Waals surface area contributed by atoms with Gasteiger partial charge in [-0.1, -0.05) is 30.3 Å². The molecule has 0 bridgehead atoms. The third kappa shape index (κ3) is 4.32. The predicted octanol–water partition coefficient (Wildman–Crippen LogP) is 2.68. The summed E-state index contributed by atoms with van der Waals surface area (Å²) >= 11 is 0. The maximum atomic E-state index is 13.3. The number of nitrogens with zero attached hydrogens (tertiary/aromatic N) is 5. The Hall–Kier alpha value is -2.91. The first-order valence-electron chi connectivity index (χ1n) is 9.86. The molecule has 146 valence electrons. The summed E-state index contributed by atoms with van der Waals surface area (Å²) in [6.07, 6.45) is 1.68. The Bertz CT molecular complexity index is 820. The molecule has 0 spiro atoms. The summed E-state index contributed by atoms with van der Waals surface area (Å²) < 4.78 is 0. The minimum atomic E-state index is -0.262. The van der Waals surface area contributed by atoms with Crippen molar-refractivity contribution in [1.82, 2.24) is 14.8 Å². The van der Waals surface area contributed by atoms with Gasteiger partial charge in [0.1, 0.15) is 11.9 Å². The fourth-order valence-electron chi connectivity index (χ4n) is 3.72. The SMILES string of the molecule is CCN(CC)C(=O)C(c1ccccc1)N1CCN(c2cc(C#N)ccn2)CC1. The van der Waals surface area contributed by atoms with Crippen LogP contribution in [-0.2, 0) is 4.79 Å². The highest BCUT2D eigenvalue weighted by molar-refractivity contribution is 5.83. The average molecular weight is 377 g/mol. The lowest BCUT2D eigenvalue weighted by atomic mass is 10.0. The van der Waals surface area contributed by atoms with Gasteiger partial charge in [0.15, 0.2) is 0 Å². The minimum absolute atomic E-state index is 0.161. The fraction of sp³-hybridized carbons (Fsp3) is 0.409. The van der Waals surface area contributed by atoms with Crippen LogP contribution in [0.15, 0.2) is 48.7 Å². The van der Waals surface area contributed by atoms with Gasteiger partial charge in [-0.15, -0.1) is 0 Å². The third-order valence-electron chi connectivity index (χ3n) is 5.30. The molecule has 2 aromatic rings. The van der Waals surface area contributed by atoms with Gasteiger partial charge in [-0.25, -0.2) is 4.98 Å². The number of pyridine rings is 1. The van der Waals surface area contributed by atoms with Crippen LogP contribution in [0.25, 0.3) is 0 Å². The van der Waals surface area contributed by atoms with Crippen molar-refractivity contribution < 1.29 is 4.79 Å². The largest absolute Gasteiger partial charge is 0.354 e. The number of benzene rings is 1. The van der Waals surface area contributed by atoms with Gasteiger partial charge in [-0.3, -0.25) is 9.69 Å². The highest BCUT2D eigenvalue weighted by Gasteiger charge is 2.32. The summed E-state index contributed by atoms with van der Waals surface area (Å²) in [6.45, 7) is 8.56. The normalized spacial score (nSPS) is 15.7. The Morgan fingerprint density at radius 3 is 2.43 bits per heavy atom. The zero-order valence-electron chi connectivity index (χ0n) is 16.6. The van der Waals surface area contributed by atoms with Crippen LogP contribution in [0.4, 0.5) is 5.82 Å². The zero-order chi connectivity index (χ0) is 19.9. The van der Waals surface area contributed by atoms with E-state index < -0.39 is 0 Å². The van der Waals surface area contributed by atoms with Crippen LogP contribution < -0.4 is 4.90 Å². The number of aromatic nitrogens is 1. The number of piperazine rings is 1. The summed E-state index contributed by atoms with van der Waals surface area (Å²) in [5.74, 6) is 0.985. The van der Waals surface area contributed by atoms with Crippen LogP contribution in [-0.4, -0.2) is 60.0 Å². The first-order chi connectivity index (χ1) is 13.7. The summed E-state index contributed by atoms with van der Waals surface area (Å²) in [7, 11) is 0. The molecule has 1 fully saturated rings. The predicted molar refractivity (Wildman–Crippen MR) is 110 cm³/mol. The van der Waals surface area contributed by atoms with Gasteiger partial charge in [-0.2, -0.15) is 5.26 Å². The van der Waals surface area contributed by atoms with Crippen molar-refractivity contribution in [3.63, 3.8) is 0 Å². The van der Waals surface area contributed by atoms with Crippen LogP contribution in [0, 0.1) is 11.3 Å². The number of nitriles is 1. The molecule has 0 aliphatic carbocycles. The Morgan fingerprint density at radius 1 is 1.14 bits per heavy atom.